The summed E-state index contributed by atoms with van der Waals surface area (Å²) in [6.07, 6.45) is 1.55. The first kappa shape index (κ1) is 26.5. The topological polar surface area (TPSA) is 71.4 Å². The average Bonchev–Trinajstić information content (AvgIpc) is 3.36. The highest BCUT2D eigenvalue weighted by molar-refractivity contribution is 9.10. The number of nitrogens with zero attached hydrogens (tertiary/aromatic N) is 2. The van der Waals surface area contributed by atoms with Gasteiger partial charge in [-0.15, -0.1) is 0 Å². The third-order valence-corrected chi connectivity index (χ3v) is 7.50. The molecule has 0 unspecified atom stereocenters. The summed E-state index contributed by atoms with van der Waals surface area (Å²) in [6.45, 7) is 0. The number of nitrogens with one attached hydrogen (secondary N) is 1. The summed E-state index contributed by atoms with van der Waals surface area (Å²) in [5.41, 5.74) is 5.11. The SMILES string of the molecule is O=C1NC(=O)N(c2ccc(Br)cc2)C(=O)/C1=C\c1cc(-c2ccccc2)n(-c2ccc(Cl)cc2)c1-c1ccccc1. The molecule has 8 heteroatoms. The molecule has 6 rings (SSSR count). The average molecular weight is 623 g/mol. The Morgan fingerprint density at radius 2 is 1.29 bits per heavy atom. The van der Waals surface area contributed by atoms with E-state index in [1.807, 2.05) is 91.0 Å². The largest absolute Gasteiger partial charge is 0.335 e. The standard InChI is InChI=1S/C33H21BrClN3O3/c34-24-11-15-27(16-12-24)38-32(40)28(31(39)36-33(38)41)19-23-20-29(21-7-3-1-4-8-21)37(26-17-13-25(35)14-18-26)30(23)22-9-5-2-6-10-22/h1-20H,(H,36,39,41)/b28-19-. The maximum absolute atomic E-state index is 13.7. The number of hydrogen-bond acceptors (Lipinski definition) is 3. The van der Waals surface area contributed by atoms with E-state index in [4.69, 9.17) is 11.6 Å². The Bertz CT molecular complexity index is 1810. The molecular formula is C33H21BrClN3O3. The highest BCUT2D eigenvalue weighted by Crippen LogP contribution is 2.38. The first-order chi connectivity index (χ1) is 19.9. The number of rotatable bonds is 5. The molecule has 1 N–H and O–H groups in total. The molecule has 1 saturated heterocycles. The summed E-state index contributed by atoms with van der Waals surface area (Å²) in [6, 6.07) is 34.9. The van der Waals surface area contributed by atoms with E-state index >= 15 is 0 Å². The van der Waals surface area contributed by atoms with Crippen molar-refractivity contribution in [2.45, 2.75) is 0 Å². The van der Waals surface area contributed by atoms with Gasteiger partial charge >= 0.3 is 6.03 Å². The Hall–Kier alpha value is -4.72. The van der Waals surface area contributed by atoms with Crippen LogP contribution in [-0.4, -0.2) is 22.4 Å². The van der Waals surface area contributed by atoms with Gasteiger partial charge in [-0.25, -0.2) is 9.69 Å². The minimum absolute atomic E-state index is 0.155. The Balaban J connectivity index is 1.59. The maximum Gasteiger partial charge on any atom is 0.335 e. The molecule has 0 bridgehead atoms. The van der Waals surface area contributed by atoms with Gasteiger partial charge in [0, 0.05) is 20.7 Å². The van der Waals surface area contributed by atoms with Crippen molar-refractivity contribution in [3.05, 3.63) is 136 Å². The molecule has 1 aliphatic rings. The summed E-state index contributed by atoms with van der Waals surface area (Å²) in [4.78, 5) is 40.5. The van der Waals surface area contributed by atoms with Crippen LogP contribution in [0.3, 0.4) is 0 Å². The Morgan fingerprint density at radius 1 is 0.707 bits per heavy atom. The van der Waals surface area contributed by atoms with Crippen LogP contribution >= 0.6 is 27.5 Å². The van der Waals surface area contributed by atoms with E-state index in [9.17, 15) is 14.4 Å². The molecule has 1 fully saturated rings. The van der Waals surface area contributed by atoms with Crippen molar-refractivity contribution in [1.82, 2.24) is 9.88 Å². The molecule has 6 nitrogen and oxygen atoms in total. The summed E-state index contributed by atoms with van der Waals surface area (Å²) >= 11 is 9.60. The van der Waals surface area contributed by atoms with Gasteiger partial charge in [-0.1, -0.05) is 88.2 Å². The van der Waals surface area contributed by atoms with Crippen molar-refractivity contribution in [3.63, 3.8) is 0 Å². The van der Waals surface area contributed by atoms with E-state index < -0.39 is 17.8 Å². The molecule has 1 aromatic heterocycles. The Morgan fingerprint density at radius 3 is 1.93 bits per heavy atom. The molecule has 5 aromatic rings. The van der Waals surface area contributed by atoms with Gasteiger partial charge in [-0.05, 0) is 71.8 Å². The lowest BCUT2D eigenvalue weighted by Gasteiger charge is -2.26. The van der Waals surface area contributed by atoms with Crippen LogP contribution in [0.2, 0.25) is 5.02 Å². The number of aromatic nitrogens is 1. The summed E-state index contributed by atoms with van der Waals surface area (Å²) in [5.74, 6) is -1.46. The van der Waals surface area contributed by atoms with Gasteiger partial charge < -0.3 is 4.57 Å². The zero-order chi connectivity index (χ0) is 28.5. The zero-order valence-corrected chi connectivity index (χ0v) is 23.8. The van der Waals surface area contributed by atoms with Crippen molar-refractivity contribution >= 4 is 57.1 Å². The summed E-state index contributed by atoms with van der Waals surface area (Å²) < 4.78 is 2.87. The fourth-order valence-corrected chi connectivity index (χ4v) is 5.24. The number of halogens is 2. The fourth-order valence-electron chi connectivity index (χ4n) is 4.85. The third kappa shape index (κ3) is 5.13. The highest BCUT2D eigenvalue weighted by Gasteiger charge is 2.37. The molecule has 0 spiro atoms. The Labute approximate surface area is 249 Å². The van der Waals surface area contributed by atoms with Crippen molar-refractivity contribution in [2.24, 2.45) is 0 Å². The number of carbonyl (C=O) groups is 3. The number of carbonyl (C=O) groups excluding carboxylic acids is 3. The minimum atomic E-state index is -0.800. The molecule has 4 aromatic carbocycles. The molecule has 0 aliphatic carbocycles. The van der Waals surface area contributed by atoms with Crippen LogP contribution in [0.25, 0.3) is 34.3 Å². The van der Waals surface area contributed by atoms with Crippen LogP contribution in [0.4, 0.5) is 10.5 Å². The molecule has 0 atom stereocenters. The highest BCUT2D eigenvalue weighted by atomic mass is 79.9. The van der Waals surface area contributed by atoms with Crippen LogP contribution in [0.5, 0.6) is 0 Å². The van der Waals surface area contributed by atoms with Crippen molar-refractivity contribution in [3.8, 4) is 28.2 Å². The van der Waals surface area contributed by atoms with Crippen molar-refractivity contribution in [2.75, 3.05) is 4.90 Å². The van der Waals surface area contributed by atoms with Gasteiger partial charge in [0.15, 0.2) is 0 Å². The lowest BCUT2D eigenvalue weighted by molar-refractivity contribution is -0.122. The van der Waals surface area contributed by atoms with Gasteiger partial charge in [0.1, 0.15) is 5.57 Å². The quantitative estimate of drug-likeness (QED) is 0.160. The van der Waals surface area contributed by atoms with E-state index in [2.05, 4.69) is 25.8 Å². The maximum atomic E-state index is 13.7. The molecule has 4 amide bonds. The molecule has 0 radical (unpaired) electrons. The number of amides is 4. The number of benzene rings is 4. The summed E-state index contributed by atoms with van der Waals surface area (Å²) in [7, 11) is 0. The van der Waals surface area contributed by atoms with Crippen LogP contribution in [0, 0.1) is 0 Å². The fraction of sp³-hybridized carbons (Fsp3) is 0. The van der Waals surface area contributed by atoms with Gasteiger partial charge in [0.05, 0.1) is 17.1 Å². The van der Waals surface area contributed by atoms with Crippen molar-refractivity contribution < 1.29 is 14.4 Å². The lowest BCUT2D eigenvalue weighted by atomic mass is 10.0. The second-order valence-corrected chi connectivity index (χ2v) is 10.7. The normalized spacial score (nSPS) is 14.4. The predicted octanol–water partition coefficient (Wildman–Crippen LogP) is 7.89. The predicted molar refractivity (Wildman–Crippen MR) is 165 cm³/mol. The van der Waals surface area contributed by atoms with Gasteiger partial charge in [-0.3, -0.25) is 14.9 Å². The number of anilines is 1. The second-order valence-electron chi connectivity index (χ2n) is 9.31. The molecule has 41 heavy (non-hydrogen) atoms. The van der Waals surface area contributed by atoms with Crippen molar-refractivity contribution in [1.29, 1.82) is 0 Å². The van der Waals surface area contributed by atoms with E-state index in [0.717, 1.165) is 37.6 Å². The van der Waals surface area contributed by atoms with E-state index in [-0.39, 0.29) is 5.57 Å². The molecule has 2 heterocycles. The van der Waals surface area contributed by atoms with E-state index in [1.165, 1.54) is 0 Å². The number of barbiturate groups is 1. The zero-order valence-electron chi connectivity index (χ0n) is 21.4. The van der Waals surface area contributed by atoms with Crippen LogP contribution in [0.15, 0.2) is 125 Å². The minimum Gasteiger partial charge on any atom is -0.309 e. The summed E-state index contributed by atoms with van der Waals surface area (Å²) in [5, 5.41) is 2.92. The third-order valence-electron chi connectivity index (χ3n) is 6.72. The van der Waals surface area contributed by atoms with Crippen LogP contribution in [-0.2, 0) is 9.59 Å². The van der Waals surface area contributed by atoms with E-state index in [0.29, 0.717) is 16.3 Å². The lowest BCUT2D eigenvalue weighted by Crippen LogP contribution is -2.54. The van der Waals surface area contributed by atoms with Gasteiger partial charge in [0.2, 0.25) is 0 Å². The number of hydrogen-bond donors (Lipinski definition) is 1. The van der Waals surface area contributed by atoms with Gasteiger partial charge in [-0.2, -0.15) is 0 Å². The second kappa shape index (κ2) is 11.0. The first-order valence-corrected chi connectivity index (χ1v) is 13.9. The number of urea groups is 1. The molecular weight excluding hydrogens is 602 g/mol. The smallest absolute Gasteiger partial charge is 0.309 e. The first-order valence-electron chi connectivity index (χ1n) is 12.7. The molecule has 0 saturated carbocycles. The monoisotopic (exact) mass is 621 g/mol. The Kier molecular flexibility index (Phi) is 7.14. The molecule has 200 valence electrons. The van der Waals surface area contributed by atoms with Gasteiger partial charge in [0.25, 0.3) is 11.8 Å². The van der Waals surface area contributed by atoms with Crippen LogP contribution in [0.1, 0.15) is 5.56 Å². The van der Waals surface area contributed by atoms with E-state index in [1.54, 1.807) is 30.3 Å². The molecule has 1 aliphatic heterocycles. The van der Waals surface area contributed by atoms with Crippen LogP contribution < -0.4 is 10.2 Å². The number of imide groups is 2.